The molecule has 0 aromatic carbocycles. The summed E-state index contributed by atoms with van der Waals surface area (Å²) in [4.78, 5) is 19.2. The molecule has 8 heteroatoms. The van der Waals surface area contributed by atoms with Crippen molar-refractivity contribution in [3.8, 4) is 0 Å². The average molecular weight is 324 g/mol. The second kappa shape index (κ2) is 24.3. The fourth-order valence-corrected chi connectivity index (χ4v) is 0.224. The van der Waals surface area contributed by atoms with Gasteiger partial charge in [-0.05, 0) is 26.7 Å². The molecular weight excluding hydrogens is 296 g/mol. The Hall–Kier alpha value is -1.74. The Morgan fingerprint density at radius 3 is 0.909 bits per heavy atom. The van der Waals surface area contributed by atoms with Crippen molar-refractivity contribution in [2.45, 2.75) is 26.7 Å². The lowest BCUT2D eigenvalue weighted by atomic mass is 10.3. The first kappa shape index (κ1) is 28.4. The Balaban J connectivity index is -0.0000000994. The highest BCUT2D eigenvalue weighted by Gasteiger charge is 1.90. The monoisotopic (exact) mass is 324 g/mol. The van der Waals surface area contributed by atoms with E-state index < -0.39 is 11.9 Å². The minimum atomic E-state index is -0.935. The average Bonchev–Trinajstić information content (AvgIpc) is 2.46. The number of hydrogen-bond donors (Lipinski definition) is 6. The van der Waals surface area contributed by atoms with Crippen LogP contribution in [0.25, 0.3) is 0 Å². The zero-order chi connectivity index (χ0) is 18.6. The lowest BCUT2D eigenvalue weighted by Gasteiger charge is -1.85. The number of carboxylic acids is 2. The van der Waals surface area contributed by atoms with Crippen molar-refractivity contribution < 1.29 is 40.2 Å². The third-order valence-electron chi connectivity index (χ3n) is 1.40. The quantitative estimate of drug-likeness (QED) is 0.295. The molecule has 0 spiro atoms. The van der Waals surface area contributed by atoms with Crippen LogP contribution in [-0.2, 0) is 9.59 Å². The fraction of sp³-hybridized carbons (Fsp3) is 0.571. The zero-order valence-corrected chi connectivity index (χ0v) is 13.2. The Morgan fingerprint density at radius 1 is 0.682 bits per heavy atom. The van der Waals surface area contributed by atoms with Gasteiger partial charge in [0, 0.05) is 24.4 Å². The lowest BCUT2D eigenvalue weighted by molar-refractivity contribution is -0.133. The molecule has 0 saturated carbocycles. The number of aliphatic hydroxyl groups is 4. The van der Waals surface area contributed by atoms with Crippen LogP contribution in [0.15, 0.2) is 24.3 Å². The van der Waals surface area contributed by atoms with Gasteiger partial charge in [-0.2, -0.15) is 0 Å². The van der Waals surface area contributed by atoms with Crippen LogP contribution in [0.5, 0.6) is 0 Å². The molecule has 0 aliphatic carbocycles. The standard InChI is InChI=1S/2C4H6O2.C4H10O2.C2H6O2/c2*1-3(2)4(5)6;5-3-1-2-4-6;3-1-2-4/h2*1H2,2H3,(H,5,6);5-6H,1-4H2;3-4H,1-2H2. The highest BCUT2D eigenvalue weighted by atomic mass is 16.4. The predicted octanol–water partition coefficient (Wildman–Crippen LogP) is 0.0164. The first-order valence-corrected chi connectivity index (χ1v) is 6.33. The van der Waals surface area contributed by atoms with Crippen LogP contribution in [0.2, 0.25) is 0 Å². The SMILES string of the molecule is C=C(C)C(=O)O.C=C(C)C(=O)O.OCCCCO.OCCO. The van der Waals surface area contributed by atoms with E-state index in [-0.39, 0.29) is 37.6 Å². The summed E-state index contributed by atoms with van der Waals surface area (Å²) in [6.45, 7) is 9.34. The Labute approximate surface area is 130 Å². The van der Waals surface area contributed by atoms with Gasteiger partial charge in [0.15, 0.2) is 0 Å². The Bertz CT molecular complexity index is 245. The minimum Gasteiger partial charge on any atom is -0.478 e. The molecule has 0 unspecified atom stereocenters. The summed E-state index contributed by atoms with van der Waals surface area (Å²) in [7, 11) is 0. The molecule has 0 aliphatic rings. The van der Waals surface area contributed by atoms with Gasteiger partial charge >= 0.3 is 11.9 Å². The van der Waals surface area contributed by atoms with E-state index in [4.69, 9.17) is 30.6 Å². The molecule has 6 N–H and O–H groups in total. The maximum Gasteiger partial charge on any atom is 0.330 e. The van der Waals surface area contributed by atoms with Crippen LogP contribution >= 0.6 is 0 Å². The molecule has 8 nitrogen and oxygen atoms in total. The van der Waals surface area contributed by atoms with Gasteiger partial charge in [0.25, 0.3) is 0 Å². The number of aliphatic carboxylic acids is 2. The number of carbonyl (C=O) groups is 2. The van der Waals surface area contributed by atoms with Crippen LogP contribution in [0.3, 0.4) is 0 Å². The molecule has 0 saturated heterocycles. The third kappa shape index (κ3) is 51.7. The van der Waals surface area contributed by atoms with Crippen LogP contribution in [0, 0.1) is 0 Å². The summed E-state index contributed by atoms with van der Waals surface area (Å²) >= 11 is 0. The maximum absolute atomic E-state index is 9.60. The molecule has 0 fully saturated rings. The van der Waals surface area contributed by atoms with E-state index >= 15 is 0 Å². The van der Waals surface area contributed by atoms with Crippen LogP contribution in [0.4, 0.5) is 0 Å². The zero-order valence-electron chi connectivity index (χ0n) is 13.2. The fourth-order valence-electron chi connectivity index (χ4n) is 0.224. The molecule has 132 valence electrons. The number of hydrogen-bond acceptors (Lipinski definition) is 6. The van der Waals surface area contributed by atoms with Crippen molar-refractivity contribution in [3.05, 3.63) is 24.3 Å². The smallest absolute Gasteiger partial charge is 0.330 e. The Kier molecular flexibility index (Phi) is 31.4. The molecule has 0 aromatic rings. The molecule has 0 bridgehead atoms. The van der Waals surface area contributed by atoms with E-state index in [0.29, 0.717) is 0 Å². The predicted molar refractivity (Wildman–Crippen MR) is 82.5 cm³/mol. The van der Waals surface area contributed by atoms with Crippen LogP contribution in [-0.4, -0.2) is 69.0 Å². The first-order valence-electron chi connectivity index (χ1n) is 6.33. The summed E-state index contributed by atoms with van der Waals surface area (Å²) in [5.41, 5.74) is 0.352. The maximum atomic E-state index is 9.60. The van der Waals surface area contributed by atoms with Gasteiger partial charge in [-0.3, -0.25) is 0 Å². The van der Waals surface area contributed by atoms with Crippen molar-refractivity contribution in [1.29, 1.82) is 0 Å². The summed E-state index contributed by atoms with van der Waals surface area (Å²) < 4.78 is 0. The molecule has 0 rings (SSSR count). The summed E-state index contributed by atoms with van der Waals surface area (Å²) in [6, 6.07) is 0. The van der Waals surface area contributed by atoms with Gasteiger partial charge in [0.2, 0.25) is 0 Å². The number of rotatable bonds is 6. The molecule has 0 heterocycles. The highest BCUT2D eigenvalue weighted by molar-refractivity contribution is 5.85. The largest absolute Gasteiger partial charge is 0.478 e. The number of aliphatic hydroxyl groups excluding tert-OH is 4. The molecule has 0 aromatic heterocycles. The van der Waals surface area contributed by atoms with Gasteiger partial charge in [-0.25, -0.2) is 9.59 Å². The van der Waals surface area contributed by atoms with Crippen molar-refractivity contribution >= 4 is 11.9 Å². The van der Waals surface area contributed by atoms with Crippen molar-refractivity contribution in [2.75, 3.05) is 26.4 Å². The highest BCUT2D eigenvalue weighted by Crippen LogP contribution is 1.81. The molecule has 0 amide bonds. The van der Waals surface area contributed by atoms with Crippen molar-refractivity contribution in [1.82, 2.24) is 0 Å². The summed E-state index contributed by atoms with van der Waals surface area (Å²) in [5.74, 6) is -1.87. The van der Waals surface area contributed by atoms with E-state index in [2.05, 4.69) is 13.2 Å². The number of carboxylic acid groups (broad SMARTS) is 2. The van der Waals surface area contributed by atoms with Gasteiger partial charge in [-0.1, -0.05) is 13.2 Å². The second-order valence-electron chi connectivity index (χ2n) is 3.77. The van der Waals surface area contributed by atoms with E-state index in [1.54, 1.807) is 0 Å². The van der Waals surface area contributed by atoms with E-state index in [0.717, 1.165) is 12.8 Å². The molecule has 0 atom stereocenters. The normalized spacial score (nSPS) is 7.91. The van der Waals surface area contributed by atoms with E-state index in [1.165, 1.54) is 13.8 Å². The summed E-state index contributed by atoms with van der Waals surface area (Å²) in [5, 5.41) is 47.2. The van der Waals surface area contributed by atoms with E-state index in [1.807, 2.05) is 0 Å². The molecule has 22 heavy (non-hydrogen) atoms. The van der Waals surface area contributed by atoms with Gasteiger partial charge < -0.3 is 30.6 Å². The van der Waals surface area contributed by atoms with Gasteiger partial charge in [0.1, 0.15) is 0 Å². The summed E-state index contributed by atoms with van der Waals surface area (Å²) in [6.07, 6.45) is 1.44. The molecular formula is C14H28O8. The van der Waals surface area contributed by atoms with Crippen LogP contribution < -0.4 is 0 Å². The van der Waals surface area contributed by atoms with Gasteiger partial charge in [0.05, 0.1) is 13.2 Å². The van der Waals surface area contributed by atoms with Gasteiger partial charge in [-0.15, -0.1) is 0 Å². The molecule has 0 aliphatic heterocycles. The minimum absolute atomic E-state index is 0.125. The van der Waals surface area contributed by atoms with E-state index in [9.17, 15) is 9.59 Å². The first-order chi connectivity index (χ1) is 10.1. The lowest BCUT2D eigenvalue weighted by Crippen LogP contribution is -1.92. The molecule has 0 radical (unpaired) electrons. The second-order valence-corrected chi connectivity index (χ2v) is 3.77. The van der Waals surface area contributed by atoms with Crippen molar-refractivity contribution in [3.63, 3.8) is 0 Å². The topological polar surface area (TPSA) is 156 Å². The number of unbranched alkanes of at least 4 members (excludes halogenated alkanes) is 1. The Morgan fingerprint density at radius 2 is 0.864 bits per heavy atom. The van der Waals surface area contributed by atoms with Crippen molar-refractivity contribution in [2.24, 2.45) is 0 Å². The van der Waals surface area contributed by atoms with Crippen LogP contribution in [0.1, 0.15) is 26.7 Å². The third-order valence-corrected chi connectivity index (χ3v) is 1.40.